The first kappa shape index (κ1) is 22.3. The van der Waals surface area contributed by atoms with Gasteiger partial charge in [0, 0.05) is 19.5 Å². The molecule has 0 N–H and O–H groups in total. The Bertz CT molecular complexity index is 812. The average molecular weight is 440 g/mol. The van der Waals surface area contributed by atoms with Crippen LogP contribution in [-0.4, -0.2) is 43.7 Å². The maximum absolute atomic E-state index is 12.4. The van der Waals surface area contributed by atoms with Crippen molar-refractivity contribution in [3.8, 4) is 5.75 Å². The van der Waals surface area contributed by atoms with Crippen LogP contribution in [0.2, 0.25) is 0 Å². The van der Waals surface area contributed by atoms with Gasteiger partial charge in [0.15, 0.2) is 0 Å². The van der Waals surface area contributed by atoms with Gasteiger partial charge < -0.3 is 14.4 Å². The van der Waals surface area contributed by atoms with Crippen molar-refractivity contribution in [1.82, 2.24) is 4.90 Å². The zero-order chi connectivity index (χ0) is 22.3. The number of rotatable bonds is 6. The second-order valence-electron chi connectivity index (χ2n) is 11.5. The smallest absolute Gasteiger partial charge is 0.222 e. The number of amides is 1. The lowest BCUT2D eigenvalue weighted by atomic mass is 9.47. The summed E-state index contributed by atoms with van der Waals surface area (Å²) in [5.41, 5.74) is 0.733. The van der Waals surface area contributed by atoms with Gasteiger partial charge in [-0.25, -0.2) is 0 Å². The molecule has 1 saturated heterocycles. The van der Waals surface area contributed by atoms with E-state index in [9.17, 15) is 4.79 Å². The summed E-state index contributed by atoms with van der Waals surface area (Å²) >= 11 is 0. The van der Waals surface area contributed by atoms with Crippen LogP contribution < -0.4 is 4.74 Å². The Morgan fingerprint density at radius 2 is 1.72 bits per heavy atom. The van der Waals surface area contributed by atoms with Crippen LogP contribution in [-0.2, 0) is 9.53 Å². The number of fused-ring (bicyclic) bond motifs is 5. The van der Waals surface area contributed by atoms with Crippen molar-refractivity contribution in [2.75, 3.05) is 26.9 Å². The number of carbonyl (C=O) groups is 1. The first-order valence-corrected chi connectivity index (χ1v) is 12.9. The van der Waals surface area contributed by atoms with Crippen LogP contribution in [0.1, 0.15) is 65.2 Å². The number of carbonyl (C=O) groups excluding carboxylic acids is 1. The molecule has 4 fully saturated rings. The van der Waals surface area contributed by atoms with Gasteiger partial charge in [0.1, 0.15) is 12.4 Å². The Labute approximate surface area is 194 Å². The highest BCUT2D eigenvalue weighted by atomic mass is 16.5. The number of piperidine rings is 1. The summed E-state index contributed by atoms with van der Waals surface area (Å²) in [4.78, 5) is 14.5. The minimum atomic E-state index is 0.316. The molecule has 4 nitrogen and oxygen atoms in total. The number of hydrogen-bond acceptors (Lipinski definition) is 3. The van der Waals surface area contributed by atoms with Crippen molar-refractivity contribution >= 4 is 5.91 Å². The molecule has 176 valence electrons. The molecule has 1 aliphatic heterocycles. The van der Waals surface area contributed by atoms with Gasteiger partial charge >= 0.3 is 0 Å². The first-order chi connectivity index (χ1) is 15.4. The highest BCUT2D eigenvalue weighted by molar-refractivity contribution is 5.77. The van der Waals surface area contributed by atoms with E-state index < -0.39 is 0 Å². The molecule has 3 aliphatic carbocycles. The van der Waals surface area contributed by atoms with Crippen LogP contribution in [0.4, 0.5) is 0 Å². The van der Waals surface area contributed by atoms with E-state index in [1.165, 1.54) is 38.5 Å². The molecule has 0 radical (unpaired) electrons. The molecule has 0 spiro atoms. The minimum absolute atomic E-state index is 0.316. The van der Waals surface area contributed by atoms with Crippen molar-refractivity contribution in [2.24, 2.45) is 34.5 Å². The summed E-state index contributed by atoms with van der Waals surface area (Å²) in [7, 11) is 2.06. The number of ether oxygens (including phenoxy) is 2. The maximum atomic E-state index is 12.4. The van der Waals surface area contributed by atoms with Crippen LogP contribution in [0.25, 0.3) is 0 Å². The summed E-state index contributed by atoms with van der Waals surface area (Å²) in [6.07, 6.45) is 9.68. The summed E-state index contributed by atoms with van der Waals surface area (Å²) in [6, 6.07) is 10.5. The molecule has 1 aromatic carbocycles. The molecule has 7 atom stereocenters. The molecular formula is C28H41NO3. The maximum Gasteiger partial charge on any atom is 0.222 e. The molecule has 3 saturated carbocycles. The zero-order valence-corrected chi connectivity index (χ0v) is 20.2. The van der Waals surface area contributed by atoms with Gasteiger partial charge in [0.25, 0.3) is 0 Å². The van der Waals surface area contributed by atoms with Crippen LogP contribution in [0.3, 0.4) is 0 Å². The molecule has 1 aromatic rings. The molecule has 0 aromatic heterocycles. The third kappa shape index (κ3) is 3.67. The normalized spacial score (nSPS) is 41.0. The second kappa shape index (κ2) is 8.66. The Morgan fingerprint density at radius 1 is 0.938 bits per heavy atom. The first-order valence-electron chi connectivity index (χ1n) is 12.9. The van der Waals surface area contributed by atoms with E-state index in [0.29, 0.717) is 41.9 Å². The largest absolute Gasteiger partial charge is 0.491 e. The topological polar surface area (TPSA) is 38.8 Å². The third-order valence-electron chi connectivity index (χ3n) is 10.3. The summed E-state index contributed by atoms with van der Waals surface area (Å²) in [5.74, 6) is 4.40. The molecule has 5 rings (SSSR count). The van der Waals surface area contributed by atoms with Crippen LogP contribution in [0.5, 0.6) is 5.75 Å². The van der Waals surface area contributed by atoms with Gasteiger partial charge in [0.05, 0.1) is 13.2 Å². The number of hydrogen-bond donors (Lipinski definition) is 0. The molecule has 4 heteroatoms. The van der Waals surface area contributed by atoms with Crippen LogP contribution in [0.15, 0.2) is 30.3 Å². The fourth-order valence-electron chi connectivity index (χ4n) is 8.49. The molecule has 4 aliphatic rings. The summed E-state index contributed by atoms with van der Waals surface area (Å²) < 4.78 is 11.9. The molecule has 1 unspecified atom stereocenters. The third-order valence-corrected chi connectivity index (χ3v) is 10.3. The lowest BCUT2D eigenvalue weighted by Crippen LogP contribution is -2.61. The minimum Gasteiger partial charge on any atom is -0.491 e. The SMILES string of the molecule is CN1C(=O)CC[C@]2(C)[C@H]3CC[C@]4(C)C(COCCOc5ccccc5)CC[C@H]4[C@@H]3CC[C@@H]12. The summed E-state index contributed by atoms with van der Waals surface area (Å²) in [5, 5.41) is 0. The van der Waals surface area contributed by atoms with Crippen LogP contribution in [0, 0.1) is 34.5 Å². The molecule has 1 amide bonds. The molecule has 1 heterocycles. The molecule has 32 heavy (non-hydrogen) atoms. The lowest BCUT2D eigenvalue weighted by Gasteiger charge is -2.61. The monoisotopic (exact) mass is 439 g/mol. The Hall–Kier alpha value is -1.55. The standard InChI is InChI=1S/C28H41NO3/c1-27-15-13-24-22(10-12-25-28(24,2)16-14-26(30)29(25)3)23(27)11-9-20(27)19-31-17-18-32-21-7-5-4-6-8-21/h4-8,20,22-25H,9-19H2,1-3H3/t20?,22-,23-,24-,25+,27+,28+/m0/s1. The fraction of sp³-hybridized carbons (Fsp3) is 0.750. The Balaban J connectivity index is 1.18. The van der Waals surface area contributed by atoms with E-state index in [1.54, 1.807) is 0 Å². The zero-order valence-electron chi connectivity index (χ0n) is 20.2. The van der Waals surface area contributed by atoms with Crippen molar-refractivity contribution in [3.63, 3.8) is 0 Å². The molecule has 0 bridgehead atoms. The van der Waals surface area contributed by atoms with Gasteiger partial charge in [-0.3, -0.25) is 4.79 Å². The second-order valence-corrected chi connectivity index (χ2v) is 11.5. The van der Waals surface area contributed by atoms with Crippen molar-refractivity contribution in [1.29, 1.82) is 0 Å². The predicted octanol–water partition coefficient (Wildman–Crippen LogP) is 5.56. The average Bonchev–Trinajstić information content (AvgIpc) is 3.13. The van der Waals surface area contributed by atoms with E-state index in [4.69, 9.17) is 9.47 Å². The quantitative estimate of drug-likeness (QED) is 0.545. The van der Waals surface area contributed by atoms with Crippen molar-refractivity contribution in [2.45, 2.75) is 71.3 Å². The summed E-state index contributed by atoms with van der Waals surface area (Å²) in [6.45, 7) is 7.24. The van der Waals surface area contributed by atoms with Crippen molar-refractivity contribution in [3.05, 3.63) is 30.3 Å². The van der Waals surface area contributed by atoms with E-state index in [2.05, 4.69) is 25.8 Å². The van der Waals surface area contributed by atoms with Gasteiger partial charge in [0.2, 0.25) is 5.91 Å². The number of nitrogens with zero attached hydrogens (tertiary/aromatic N) is 1. The predicted molar refractivity (Wildman–Crippen MR) is 126 cm³/mol. The van der Waals surface area contributed by atoms with Gasteiger partial charge in [-0.1, -0.05) is 32.0 Å². The number of likely N-dealkylation sites (tertiary alicyclic amines) is 1. The van der Waals surface area contributed by atoms with Gasteiger partial charge in [-0.05, 0) is 91.6 Å². The van der Waals surface area contributed by atoms with Crippen LogP contribution >= 0.6 is 0 Å². The molecular weight excluding hydrogens is 398 g/mol. The van der Waals surface area contributed by atoms with E-state index in [-0.39, 0.29) is 0 Å². The van der Waals surface area contributed by atoms with E-state index in [0.717, 1.165) is 43.0 Å². The van der Waals surface area contributed by atoms with E-state index >= 15 is 0 Å². The van der Waals surface area contributed by atoms with Crippen molar-refractivity contribution < 1.29 is 14.3 Å². The highest BCUT2D eigenvalue weighted by Crippen LogP contribution is 2.66. The fourth-order valence-corrected chi connectivity index (χ4v) is 8.49. The number of benzene rings is 1. The Kier molecular flexibility index (Phi) is 6.03. The number of para-hydroxylation sites is 1. The van der Waals surface area contributed by atoms with Gasteiger partial charge in [-0.15, -0.1) is 0 Å². The highest BCUT2D eigenvalue weighted by Gasteiger charge is 2.61. The van der Waals surface area contributed by atoms with E-state index in [1.807, 2.05) is 30.3 Å². The Morgan fingerprint density at radius 3 is 2.53 bits per heavy atom. The van der Waals surface area contributed by atoms with Gasteiger partial charge in [-0.2, -0.15) is 0 Å². The lowest BCUT2D eigenvalue weighted by molar-refractivity contribution is -0.159.